The predicted molar refractivity (Wildman–Crippen MR) is 90.9 cm³/mol. The lowest BCUT2D eigenvalue weighted by Crippen LogP contribution is -2.41. The first kappa shape index (κ1) is 16.0. The Morgan fingerprint density at radius 2 is 2.13 bits per heavy atom. The highest BCUT2D eigenvalue weighted by Gasteiger charge is 2.35. The van der Waals surface area contributed by atoms with Gasteiger partial charge in [0, 0.05) is 11.8 Å². The van der Waals surface area contributed by atoms with Gasteiger partial charge >= 0.3 is 0 Å². The van der Waals surface area contributed by atoms with E-state index in [0.717, 1.165) is 24.1 Å². The van der Waals surface area contributed by atoms with Gasteiger partial charge in [0.1, 0.15) is 0 Å². The van der Waals surface area contributed by atoms with Gasteiger partial charge in [0.25, 0.3) is 0 Å². The van der Waals surface area contributed by atoms with E-state index in [0.29, 0.717) is 23.9 Å². The van der Waals surface area contributed by atoms with E-state index in [1.165, 1.54) is 11.3 Å². The second-order valence-electron chi connectivity index (χ2n) is 6.02. The van der Waals surface area contributed by atoms with Crippen LogP contribution in [0.1, 0.15) is 36.6 Å². The minimum Gasteiger partial charge on any atom is -0.393 e. The zero-order valence-electron chi connectivity index (χ0n) is 12.8. The zero-order valence-corrected chi connectivity index (χ0v) is 13.6. The molecule has 0 aliphatic heterocycles. The van der Waals surface area contributed by atoms with Crippen LogP contribution in [0.15, 0.2) is 35.7 Å². The van der Waals surface area contributed by atoms with Gasteiger partial charge in [-0.15, -0.1) is 11.3 Å². The molecular formula is C17H21N3O2S. The molecule has 1 aliphatic carbocycles. The molecule has 2 aromatic rings. The van der Waals surface area contributed by atoms with Gasteiger partial charge in [-0.25, -0.2) is 4.98 Å². The number of rotatable bonds is 6. The van der Waals surface area contributed by atoms with Crippen LogP contribution in [0.5, 0.6) is 0 Å². The number of nitrogens with two attached hydrogens (primary N) is 1. The Hall–Kier alpha value is -1.92. The first-order valence-corrected chi connectivity index (χ1v) is 8.72. The summed E-state index contributed by atoms with van der Waals surface area (Å²) < 4.78 is 0. The Labute approximate surface area is 139 Å². The van der Waals surface area contributed by atoms with Crippen LogP contribution in [0.2, 0.25) is 0 Å². The Kier molecular flexibility index (Phi) is 4.93. The standard InChI is InChI=1S/C17H21N3O2S/c18-17-19-13(10-23-17)6-7-15(22)20-16(12-8-14(21)9-12)11-4-2-1-3-5-11/h1-5,10,12,14,16,21H,6-9H2,(H2,18,19)(H,20,22)/t12?,14?,16-/m0/s1. The number of carbonyl (C=O) groups excluding carboxylic acids is 1. The average Bonchev–Trinajstić information content (AvgIpc) is 2.94. The fourth-order valence-electron chi connectivity index (χ4n) is 2.96. The van der Waals surface area contributed by atoms with Crippen molar-refractivity contribution in [3.63, 3.8) is 0 Å². The largest absolute Gasteiger partial charge is 0.393 e. The number of benzene rings is 1. The minimum absolute atomic E-state index is 0.00631. The van der Waals surface area contributed by atoms with Crippen molar-refractivity contribution in [2.45, 2.75) is 37.8 Å². The summed E-state index contributed by atoms with van der Waals surface area (Å²) in [5.74, 6) is 0.304. The number of nitrogens with one attached hydrogen (secondary N) is 1. The first-order chi connectivity index (χ1) is 11.1. The van der Waals surface area contributed by atoms with Crippen molar-refractivity contribution < 1.29 is 9.90 Å². The van der Waals surface area contributed by atoms with E-state index in [-0.39, 0.29) is 18.1 Å². The lowest BCUT2D eigenvalue weighted by Gasteiger charge is -2.38. The highest BCUT2D eigenvalue weighted by molar-refractivity contribution is 7.13. The fourth-order valence-corrected chi connectivity index (χ4v) is 3.56. The molecule has 122 valence electrons. The summed E-state index contributed by atoms with van der Waals surface area (Å²) in [5, 5.41) is 15.1. The summed E-state index contributed by atoms with van der Waals surface area (Å²) in [4.78, 5) is 16.5. The molecule has 1 atom stereocenters. The molecule has 0 radical (unpaired) electrons. The molecule has 1 saturated carbocycles. The maximum absolute atomic E-state index is 12.3. The van der Waals surface area contributed by atoms with E-state index >= 15 is 0 Å². The molecule has 1 aromatic heterocycles. The second-order valence-corrected chi connectivity index (χ2v) is 6.91. The third-order valence-electron chi connectivity index (χ3n) is 4.27. The van der Waals surface area contributed by atoms with Crippen LogP contribution in [0.4, 0.5) is 5.13 Å². The van der Waals surface area contributed by atoms with Gasteiger partial charge in [0.2, 0.25) is 5.91 Å². The van der Waals surface area contributed by atoms with Crippen LogP contribution in [-0.4, -0.2) is 22.1 Å². The van der Waals surface area contributed by atoms with Crippen molar-refractivity contribution >= 4 is 22.4 Å². The number of aliphatic hydroxyl groups excluding tert-OH is 1. The minimum atomic E-state index is -0.235. The lowest BCUT2D eigenvalue weighted by atomic mass is 9.75. The molecule has 0 saturated heterocycles. The quantitative estimate of drug-likeness (QED) is 0.758. The molecule has 23 heavy (non-hydrogen) atoms. The summed E-state index contributed by atoms with van der Waals surface area (Å²) in [5.41, 5.74) is 7.56. The third kappa shape index (κ3) is 4.09. The van der Waals surface area contributed by atoms with Crippen molar-refractivity contribution in [2.75, 3.05) is 5.73 Å². The normalized spacial score (nSPS) is 21.4. The molecule has 0 bridgehead atoms. The monoisotopic (exact) mass is 331 g/mol. The lowest BCUT2D eigenvalue weighted by molar-refractivity contribution is -0.123. The highest BCUT2D eigenvalue weighted by atomic mass is 32.1. The van der Waals surface area contributed by atoms with Gasteiger partial charge in [-0.1, -0.05) is 30.3 Å². The maximum Gasteiger partial charge on any atom is 0.220 e. The molecule has 1 fully saturated rings. The number of carbonyl (C=O) groups is 1. The number of hydrogen-bond donors (Lipinski definition) is 3. The number of nitrogen functional groups attached to an aromatic ring is 1. The summed E-state index contributed by atoms with van der Waals surface area (Å²) in [6.07, 6.45) is 2.22. The van der Waals surface area contributed by atoms with Crippen LogP contribution in [0.25, 0.3) is 0 Å². The van der Waals surface area contributed by atoms with E-state index < -0.39 is 0 Å². The van der Waals surface area contributed by atoms with Crippen molar-refractivity contribution in [1.82, 2.24) is 10.3 Å². The molecule has 1 aromatic carbocycles. The fraction of sp³-hybridized carbons (Fsp3) is 0.412. The topological polar surface area (TPSA) is 88.2 Å². The Balaban J connectivity index is 1.60. The third-order valence-corrected chi connectivity index (χ3v) is 5.00. The average molecular weight is 331 g/mol. The van der Waals surface area contributed by atoms with Crippen molar-refractivity contribution in [3.05, 3.63) is 47.0 Å². The first-order valence-electron chi connectivity index (χ1n) is 7.84. The maximum atomic E-state index is 12.3. The SMILES string of the molecule is Nc1nc(CCC(=O)N[C@@H](c2ccccc2)C2CC(O)C2)cs1. The highest BCUT2D eigenvalue weighted by Crippen LogP contribution is 2.38. The molecule has 0 spiro atoms. The number of anilines is 1. The molecule has 6 heteroatoms. The van der Waals surface area contributed by atoms with Crippen LogP contribution in [0, 0.1) is 5.92 Å². The molecule has 5 nitrogen and oxygen atoms in total. The summed E-state index contributed by atoms with van der Waals surface area (Å²) >= 11 is 1.39. The van der Waals surface area contributed by atoms with Crippen LogP contribution < -0.4 is 11.1 Å². The molecule has 1 amide bonds. The predicted octanol–water partition coefficient (Wildman–Crippen LogP) is 2.29. The van der Waals surface area contributed by atoms with Crippen molar-refractivity contribution in [1.29, 1.82) is 0 Å². The van der Waals surface area contributed by atoms with Gasteiger partial charge < -0.3 is 16.2 Å². The van der Waals surface area contributed by atoms with Gasteiger partial charge in [0.05, 0.1) is 17.8 Å². The molecule has 4 N–H and O–H groups in total. The molecule has 1 aliphatic rings. The van der Waals surface area contributed by atoms with Gasteiger partial charge in [0.15, 0.2) is 5.13 Å². The molecule has 3 rings (SSSR count). The van der Waals surface area contributed by atoms with E-state index in [1.54, 1.807) is 0 Å². The number of aryl methyl sites for hydroxylation is 1. The summed E-state index contributed by atoms with van der Waals surface area (Å²) in [6, 6.07) is 9.93. The zero-order chi connectivity index (χ0) is 16.2. The number of nitrogens with zero attached hydrogens (tertiary/aromatic N) is 1. The van der Waals surface area contributed by atoms with E-state index in [2.05, 4.69) is 10.3 Å². The number of thiazole rings is 1. The van der Waals surface area contributed by atoms with Crippen LogP contribution in [0.3, 0.4) is 0 Å². The summed E-state index contributed by atoms with van der Waals surface area (Å²) in [6.45, 7) is 0. The molecular weight excluding hydrogens is 310 g/mol. The molecule has 0 unspecified atom stereocenters. The van der Waals surface area contributed by atoms with E-state index in [1.807, 2.05) is 35.7 Å². The number of aromatic nitrogens is 1. The Morgan fingerprint density at radius 3 is 2.74 bits per heavy atom. The smallest absolute Gasteiger partial charge is 0.220 e. The molecule has 1 heterocycles. The van der Waals surface area contributed by atoms with Crippen LogP contribution >= 0.6 is 11.3 Å². The number of amides is 1. The van der Waals surface area contributed by atoms with E-state index in [4.69, 9.17) is 5.73 Å². The van der Waals surface area contributed by atoms with Crippen LogP contribution in [-0.2, 0) is 11.2 Å². The second kappa shape index (κ2) is 7.10. The Bertz CT molecular complexity index is 653. The summed E-state index contributed by atoms with van der Waals surface area (Å²) in [7, 11) is 0. The number of hydrogen-bond acceptors (Lipinski definition) is 5. The Morgan fingerprint density at radius 1 is 1.39 bits per heavy atom. The van der Waals surface area contributed by atoms with Gasteiger partial charge in [-0.3, -0.25) is 4.79 Å². The van der Waals surface area contributed by atoms with Gasteiger partial charge in [-0.05, 0) is 30.7 Å². The van der Waals surface area contributed by atoms with Crippen molar-refractivity contribution in [2.24, 2.45) is 5.92 Å². The van der Waals surface area contributed by atoms with Gasteiger partial charge in [-0.2, -0.15) is 0 Å². The van der Waals surface area contributed by atoms with Crippen molar-refractivity contribution in [3.8, 4) is 0 Å². The van der Waals surface area contributed by atoms with E-state index in [9.17, 15) is 9.90 Å². The number of aliphatic hydroxyl groups is 1.